The molecule has 4 nitrogen and oxygen atoms in total. The molecule has 0 aliphatic rings. The summed E-state index contributed by atoms with van der Waals surface area (Å²) in [5.41, 5.74) is 1.63. The first-order valence-electron chi connectivity index (χ1n) is 6.09. The van der Waals surface area contributed by atoms with Gasteiger partial charge in [-0.05, 0) is 23.8 Å². The van der Waals surface area contributed by atoms with Gasteiger partial charge in [0.1, 0.15) is 24.2 Å². The molecule has 4 heteroatoms. The van der Waals surface area contributed by atoms with Crippen LogP contribution < -0.4 is 4.74 Å². The number of aldehydes is 1. The summed E-state index contributed by atoms with van der Waals surface area (Å²) < 4.78 is 10.3. The zero-order chi connectivity index (χ0) is 14.4. The fourth-order valence-electron chi connectivity index (χ4n) is 1.75. The summed E-state index contributed by atoms with van der Waals surface area (Å²) in [5, 5.41) is 0. The first-order valence-corrected chi connectivity index (χ1v) is 6.09. The van der Waals surface area contributed by atoms with E-state index in [4.69, 9.17) is 9.47 Å². The Morgan fingerprint density at radius 1 is 1.15 bits per heavy atom. The molecule has 0 aromatic heterocycles. The molecule has 0 amide bonds. The molecule has 0 heterocycles. The van der Waals surface area contributed by atoms with E-state index in [1.807, 2.05) is 30.3 Å². The van der Waals surface area contributed by atoms with Crippen molar-refractivity contribution in [2.24, 2.45) is 0 Å². The number of esters is 1. The molecule has 0 atom stereocenters. The highest BCUT2D eigenvalue weighted by Gasteiger charge is 2.14. The third-order valence-electron chi connectivity index (χ3n) is 2.78. The van der Waals surface area contributed by atoms with Crippen LogP contribution in [0.2, 0.25) is 0 Å². The van der Waals surface area contributed by atoms with Gasteiger partial charge in [0.15, 0.2) is 0 Å². The number of carbonyl (C=O) groups excluding carboxylic acids is 2. The van der Waals surface area contributed by atoms with Gasteiger partial charge in [0, 0.05) is 5.56 Å². The number of carbonyl (C=O) groups is 2. The van der Waals surface area contributed by atoms with Crippen molar-refractivity contribution < 1.29 is 19.1 Å². The van der Waals surface area contributed by atoms with Crippen molar-refractivity contribution in [3.63, 3.8) is 0 Å². The maximum atomic E-state index is 11.7. The van der Waals surface area contributed by atoms with Gasteiger partial charge < -0.3 is 9.47 Å². The second-order valence-electron chi connectivity index (χ2n) is 4.14. The Morgan fingerprint density at radius 2 is 1.90 bits per heavy atom. The zero-order valence-electron chi connectivity index (χ0n) is 11.0. The van der Waals surface area contributed by atoms with E-state index in [1.54, 1.807) is 12.1 Å². The van der Waals surface area contributed by atoms with Crippen LogP contribution in [0.3, 0.4) is 0 Å². The van der Waals surface area contributed by atoms with Crippen molar-refractivity contribution >= 4 is 12.3 Å². The molecule has 20 heavy (non-hydrogen) atoms. The minimum absolute atomic E-state index is 0.244. The van der Waals surface area contributed by atoms with Crippen molar-refractivity contribution in [2.45, 2.75) is 6.61 Å². The van der Waals surface area contributed by atoms with E-state index in [9.17, 15) is 9.59 Å². The molecule has 0 radical (unpaired) electrons. The van der Waals surface area contributed by atoms with Gasteiger partial charge in [0.25, 0.3) is 0 Å². The fourth-order valence-corrected chi connectivity index (χ4v) is 1.75. The number of ether oxygens (including phenoxy) is 2. The molecular formula is C16H14O4. The lowest BCUT2D eigenvalue weighted by molar-refractivity contribution is 0.0595. The molecule has 2 aromatic rings. The standard InChI is InChI=1S/C16H14O4/c1-19-16(18)14-9-13(10-17)7-8-15(14)20-11-12-5-3-2-4-6-12/h2-10H,11H2,1H3. The van der Waals surface area contributed by atoms with Gasteiger partial charge in [-0.2, -0.15) is 0 Å². The highest BCUT2D eigenvalue weighted by atomic mass is 16.5. The molecule has 0 aliphatic heterocycles. The van der Waals surface area contributed by atoms with E-state index in [0.717, 1.165) is 5.56 Å². The Hall–Kier alpha value is -2.62. The van der Waals surface area contributed by atoms with Gasteiger partial charge in [0.2, 0.25) is 0 Å². The molecule has 102 valence electrons. The minimum atomic E-state index is -0.531. The van der Waals surface area contributed by atoms with Crippen molar-refractivity contribution in [1.82, 2.24) is 0 Å². The van der Waals surface area contributed by atoms with Crippen LogP contribution in [0.5, 0.6) is 5.75 Å². The Morgan fingerprint density at radius 3 is 2.55 bits per heavy atom. The van der Waals surface area contributed by atoms with Gasteiger partial charge in [-0.15, -0.1) is 0 Å². The molecule has 0 fully saturated rings. The second kappa shape index (κ2) is 6.52. The number of hydrogen-bond acceptors (Lipinski definition) is 4. The maximum absolute atomic E-state index is 11.7. The predicted molar refractivity (Wildman–Crippen MR) is 73.9 cm³/mol. The first kappa shape index (κ1) is 13.8. The Bertz CT molecular complexity index is 605. The second-order valence-corrected chi connectivity index (χ2v) is 4.14. The third kappa shape index (κ3) is 3.23. The van der Waals surface area contributed by atoms with Crippen molar-refractivity contribution in [1.29, 1.82) is 0 Å². The Balaban J connectivity index is 2.22. The van der Waals surface area contributed by atoms with Crippen LogP contribution in [0, 0.1) is 0 Å². The average molecular weight is 270 g/mol. The topological polar surface area (TPSA) is 52.6 Å². The van der Waals surface area contributed by atoms with E-state index in [-0.39, 0.29) is 5.56 Å². The minimum Gasteiger partial charge on any atom is -0.488 e. The Kier molecular flexibility index (Phi) is 4.50. The van der Waals surface area contributed by atoms with Crippen LogP contribution in [-0.2, 0) is 11.3 Å². The molecule has 0 spiro atoms. The molecule has 2 aromatic carbocycles. The monoisotopic (exact) mass is 270 g/mol. The lowest BCUT2D eigenvalue weighted by atomic mass is 10.1. The summed E-state index contributed by atoms with van der Waals surface area (Å²) in [6.45, 7) is 0.339. The van der Waals surface area contributed by atoms with E-state index in [0.29, 0.717) is 24.2 Å². The van der Waals surface area contributed by atoms with E-state index >= 15 is 0 Å². The summed E-state index contributed by atoms with van der Waals surface area (Å²) in [7, 11) is 1.29. The van der Waals surface area contributed by atoms with Crippen LogP contribution in [0.1, 0.15) is 26.3 Å². The number of benzene rings is 2. The molecule has 0 saturated heterocycles. The lowest BCUT2D eigenvalue weighted by Gasteiger charge is -2.10. The maximum Gasteiger partial charge on any atom is 0.341 e. The van der Waals surface area contributed by atoms with Crippen LogP contribution in [0.4, 0.5) is 0 Å². The van der Waals surface area contributed by atoms with E-state index < -0.39 is 5.97 Å². The van der Waals surface area contributed by atoms with Gasteiger partial charge in [-0.25, -0.2) is 4.79 Å². The average Bonchev–Trinajstić information content (AvgIpc) is 2.53. The first-order chi connectivity index (χ1) is 9.74. The fraction of sp³-hybridized carbons (Fsp3) is 0.125. The lowest BCUT2D eigenvalue weighted by Crippen LogP contribution is -2.06. The summed E-state index contributed by atoms with van der Waals surface area (Å²) in [6, 6.07) is 14.3. The third-order valence-corrected chi connectivity index (χ3v) is 2.78. The molecule has 0 saturated carbocycles. The molecule has 0 aliphatic carbocycles. The van der Waals surface area contributed by atoms with Crippen LogP contribution >= 0.6 is 0 Å². The van der Waals surface area contributed by atoms with Crippen molar-refractivity contribution in [3.05, 3.63) is 65.2 Å². The van der Waals surface area contributed by atoms with Crippen LogP contribution in [0.15, 0.2) is 48.5 Å². The van der Waals surface area contributed by atoms with Gasteiger partial charge in [-0.1, -0.05) is 30.3 Å². The molecule has 0 N–H and O–H groups in total. The smallest absolute Gasteiger partial charge is 0.341 e. The zero-order valence-corrected chi connectivity index (χ0v) is 11.0. The number of rotatable bonds is 5. The number of methoxy groups -OCH3 is 1. The van der Waals surface area contributed by atoms with E-state index in [1.165, 1.54) is 13.2 Å². The molecule has 2 rings (SSSR count). The quantitative estimate of drug-likeness (QED) is 0.619. The largest absolute Gasteiger partial charge is 0.488 e. The van der Waals surface area contributed by atoms with E-state index in [2.05, 4.69) is 0 Å². The van der Waals surface area contributed by atoms with Gasteiger partial charge in [0.05, 0.1) is 7.11 Å². The highest BCUT2D eigenvalue weighted by molar-refractivity contribution is 5.94. The predicted octanol–water partition coefficient (Wildman–Crippen LogP) is 2.86. The number of hydrogen-bond donors (Lipinski definition) is 0. The van der Waals surface area contributed by atoms with Crippen molar-refractivity contribution in [3.8, 4) is 5.75 Å². The summed E-state index contributed by atoms with van der Waals surface area (Å²) in [5.74, 6) is -0.136. The molecule has 0 bridgehead atoms. The van der Waals surface area contributed by atoms with Gasteiger partial charge in [-0.3, -0.25) is 4.79 Å². The van der Waals surface area contributed by atoms with Crippen LogP contribution in [-0.4, -0.2) is 19.4 Å². The normalized spacial score (nSPS) is 9.85. The summed E-state index contributed by atoms with van der Waals surface area (Å²) in [6.07, 6.45) is 0.674. The Labute approximate surface area is 116 Å². The molecule has 0 unspecified atom stereocenters. The van der Waals surface area contributed by atoms with Crippen molar-refractivity contribution in [2.75, 3.05) is 7.11 Å². The SMILES string of the molecule is COC(=O)c1cc(C=O)ccc1OCc1ccccc1. The van der Waals surface area contributed by atoms with Crippen LogP contribution in [0.25, 0.3) is 0 Å². The van der Waals surface area contributed by atoms with Gasteiger partial charge >= 0.3 is 5.97 Å². The summed E-state index contributed by atoms with van der Waals surface area (Å²) in [4.78, 5) is 22.5. The summed E-state index contributed by atoms with van der Waals surface area (Å²) >= 11 is 0. The molecular weight excluding hydrogens is 256 g/mol. The highest BCUT2D eigenvalue weighted by Crippen LogP contribution is 2.22.